The lowest BCUT2D eigenvalue weighted by Gasteiger charge is -2.21. The SMILES string of the molecule is CCCCOCCOCCOCCNC(CCO)C(C)C. The number of ether oxygens (including phenoxy) is 3. The highest BCUT2D eigenvalue weighted by Crippen LogP contribution is 2.04. The number of unbranched alkanes of at least 4 members (excludes halogenated alkanes) is 1. The largest absolute Gasteiger partial charge is 0.396 e. The molecule has 0 fully saturated rings. The van der Waals surface area contributed by atoms with Crippen molar-refractivity contribution < 1.29 is 19.3 Å². The highest BCUT2D eigenvalue weighted by atomic mass is 16.5. The van der Waals surface area contributed by atoms with Gasteiger partial charge in [0.15, 0.2) is 0 Å². The van der Waals surface area contributed by atoms with E-state index in [9.17, 15) is 0 Å². The molecule has 5 heteroatoms. The topological polar surface area (TPSA) is 60.0 Å². The Hall–Kier alpha value is -0.200. The van der Waals surface area contributed by atoms with Crippen LogP contribution in [0.15, 0.2) is 0 Å². The predicted octanol–water partition coefficient (Wildman–Crippen LogP) is 1.83. The maximum absolute atomic E-state index is 8.98. The molecule has 0 aromatic rings. The zero-order chi connectivity index (χ0) is 15.8. The number of hydrogen-bond donors (Lipinski definition) is 2. The summed E-state index contributed by atoms with van der Waals surface area (Å²) in [6.07, 6.45) is 3.07. The lowest BCUT2D eigenvalue weighted by molar-refractivity contribution is 0.0141. The molecule has 0 aliphatic heterocycles. The Morgan fingerprint density at radius 1 is 0.905 bits per heavy atom. The molecule has 21 heavy (non-hydrogen) atoms. The predicted molar refractivity (Wildman–Crippen MR) is 85.7 cm³/mol. The van der Waals surface area contributed by atoms with Crippen LogP contribution in [0.2, 0.25) is 0 Å². The molecule has 5 nitrogen and oxygen atoms in total. The molecular weight excluding hydrogens is 270 g/mol. The Bertz CT molecular complexity index is 203. The van der Waals surface area contributed by atoms with Gasteiger partial charge in [-0.2, -0.15) is 0 Å². The number of aliphatic hydroxyl groups is 1. The van der Waals surface area contributed by atoms with E-state index in [1.54, 1.807) is 0 Å². The summed E-state index contributed by atoms with van der Waals surface area (Å²) < 4.78 is 16.3. The summed E-state index contributed by atoms with van der Waals surface area (Å²) >= 11 is 0. The van der Waals surface area contributed by atoms with Gasteiger partial charge in [0.2, 0.25) is 0 Å². The Labute approximate surface area is 130 Å². The Kier molecular flexibility index (Phi) is 16.0. The molecule has 0 aliphatic rings. The molecule has 0 rings (SSSR count). The van der Waals surface area contributed by atoms with Crippen molar-refractivity contribution in [3.63, 3.8) is 0 Å². The molecule has 0 spiro atoms. The van der Waals surface area contributed by atoms with Crippen LogP contribution in [0.1, 0.15) is 40.0 Å². The summed E-state index contributed by atoms with van der Waals surface area (Å²) in [7, 11) is 0. The van der Waals surface area contributed by atoms with Gasteiger partial charge in [-0.3, -0.25) is 0 Å². The van der Waals surface area contributed by atoms with Gasteiger partial charge in [0.1, 0.15) is 0 Å². The molecule has 1 atom stereocenters. The minimum absolute atomic E-state index is 0.227. The number of hydrogen-bond acceptors (Lipinski definition) is 5. The summed E-state index contributed by atoms with van der Waals surface area (Å²) in [5.41, 5.74) is 0. The number of rotatable bonds is 16. The van der Waals surface area contributed by atoms with Crippen molar-refractivity contribution in [3.8, 4) is 0 Å². The fourth-order valence-electron chi connectivity index (χ4n) is 1.91. The number of nitrogens with one attached hydrogen (secondary N) is 1. The lowest BCUT2D eigenvalue weighted by Crippen LogP contribution is -2.37. The molecular formula is C16H35NO4. The van der Waals surface area contributed by atoms with Crippen LogP contribution >= 0.6 is 0 Å². The van der Waals surface area contributed by atoms with E-state index >= 15 is 0 Å². The van der Waals surface area contributed by atoms with E-state index in [0.717, 1.165) is 26.0 Å². The highest BCUT2D eigenvalue weighted by molar-refractivity contribution is 4.69. The van der Waals surface area contributed by atoms with Gasteiger partial charge in [0.05, 0.1) is 33.0 Å². The van der Waals surface area contributed by atoms with Gasteiger partial charge in [-0.1, -0.05) is 27.2 Å². The van der Waals surface area contributed by atoms with Gasteiger partial charge < -0.3 is 24.6 Å². The molecule has 1 unspecified atom stereocenters. The Morgan fingerprint density at radius 3 is 2.00 bits per heavy atom. The molecule has 0 saturated carbocycles. The third kappa shape index (κ3) is 14.5. The summed E-state index contributed by atoms with van der Waals surface area (Å²) in [6, 6.07) is 0.357. The van der Waals surface area contributed by atoms with Crippen molar-refractivity contribution in [2.75, 3.05) is 52.8 Å². The van der Waals surface area contributed by atoms with E-state index in [1.165, 1.54) is 6.42 Å². The minimum Gasteiger partial charge on any atom is -0.396 e. The molecule has 128 valence electrons. The van der Waals surface area contributed by atoms with Crippen LogP contribution < -0.4 is 5.32 Å². The first kappa shape index (κ1) is 20.8. The van der Waals surface area contributed by atoms with Gasteiger partial charge in [0.25, 0.3) is 0 Å². The smallest absolute Gasteiger partial charge is 0.0701 e. The third-order valence-corrected chi connectivity index (χ3v) is 3.28. The summed E-state index contributed by atoms with van der Waals surface area (Å²) in [4.78, 5) is 0. The van der Waals surface area contributed by atoms with E-state index in [1.807, 2.05) is 0 Å². The maximum atomic E-state index is 8.98. The maximum Gasteiger partial charge on any atom is 0.0701 e. The molecule has 0 aromatic carbocycles. The standard InChI is InChI=1S/C16H35NO4/c1-4-5-9-19-11-13-21-14-12-20-10-7-17-16(6-8-18)15(2)3/h15-18H,4-14H2,1-3H3. The van der Waals surface area contributed by atoms with Crippen molar-refractivity contribution in [2.24, 2.45) is 5.92 Å². The van der Waals surface area contributed by atoms with E-state index in [0.29, 0.717) is 45.0 Å². The summed E-state index contributed by atoms with van der Waals surface area (Å²) in [6.45, 7) is 11.5. The highest BCUT2D eigenvalue weighted by Gasteiger charge is 2.10. The van der Waals surface area contributed by atoms with Gasteiger partial charge in [-0.05, 0) is 18.8 Å². The van der Waals surface area contributed by atoms with Crippen LogP contribution in [0.3, 0.4) is 0 Å². The molecule has 2 N–H and O–H groups in total. The first-order valence-corrected chi connectivity index (χ1v) is 8.29. The zero-order valence-electron chi connectivity index (χ0n) is 14.1. The normalized spacial score (nSPS) is 13.0. The second-order valence-electron chi connectivity index (χ2n) is 5.51. The van der Waals surface area contributed by atoms with E-state index < -0.39 is 0 Å². The van der Waals surface area contributed by atoms with E-state index in [-0.39, 0.29) is 6.61 Å². The van der Waals surface area contributed by atoms with Gasteiger partial charge in [-0.25, -0.2) is 0 Å². The Balaban J connectivity index is 3.21. The van der Waals surface area contributed by atoms with Crippen molar-refractivity contribution >= 4 is 0 Å². The second kappa shape index (κ2) is 16.2. The van der Waals surface area contributed by atoms with Crippen LogP contribution in [0.4, 0.5) is 0 Å². The van der Waals surface area contributed by atoms with E-state index in [4.69, 9.17) is 19.3 Å². The van der Waals surface area contributed by atoms with Crippen LogP contribution in [0, 0.1) is 5.92 Å². The van der Waals surface area contributed by atoms with Crippen LogP contribution in [-0.4, -0.2) is 63.9 Å². The van der Waals surface area contributed by atoms with Gasteiger partial charge >= 0.3 is 0 Å². The van der Waals surface area contributed by atoms with Gasteiger partial charge in [-0.15, -0.1) is 0 Å². The second-order valence-corrected chi connectivity index (χ2v) is 5.51. The average Bonchev–Trinajstić information content (AvgIpc) is 2.47. The van der Waals surface area contributed by atoms with Crippen molar-refractivity contribution in [3.05, 3.63) is 0 Å². The Morgan fingerprint density at radius 2 is 1.48 bits per heavy atom. The molecule has 0 amide bonds. The third-order valence-electron chi connectivity index (χ3n) is 3.28. The lowest BCUT2D eigenvalue weighted by atomic mass is 10.0. The molecule has 0 radical (unpaired) electrons. The van der Waals surface area contributed by atoms with Crippen molar-refractivity contribution in [2.45, 2.75) is 46.1 Å². The first-order valence-electron chi connectivity index (χ1n) is 8.29. The molecule has 0 heterocycles. The molecule has 0 aromatic heterocycles. The zero-order valence-corrected chi connectivity index (χ0v) is 14.1. The van der Waals surface area contributed by atoms with Gasteiger partial charge in [0, 0.05) is 25.8 Å². The molecule has 0 bridgehead atoms. The summed E-state index contributed by atoms with van der Waals surface area (Å²) in [5.74, 6) is 0.521. The van der Waals surface area contributed by atoms with Crippen LogP contribution in [0.5, 0.6) is 0 Å². The molecule has 0 aliphatic carbocycles. The molecule has 0 saturated heterocycles. The van der Waals surface area contributed by atoms with E-state index in [2.05, 4.69) is 26.1 Å². The minimum atomic E-state index is 0.227. The monoisotopic (exact) mass is 305 g/mol. The quantitative estimate of drug-likeness (QED) is 0.426. The number of aliphatic hydroxyl groups excluding tert-OH is 1. The summed E-state index contributed by atoms with van der Waals surface area (Å²) in [5, 5.41) is 12.4. The fraction of sp³-hybridized carbons (Fsp3) is 1.00. The average molecular weight is 305 g/mol. The first-order chi connectivity index (χ1) is 10.2. The van der Waals surface area contributed by atoms with Crippen molar-refractivity contribution in [1.82, 2.24) is 5.32 Å². The van der Waals surface area contributed by atoms with Crippen molar-refractivity contribution in [1.29, 1.82) is 0 Å². The fourth-order valence-corrected chi connectivity index (χ4v) is 1.91. The van der Waals surface area contributed by atoms with Crippen LogP contribution in [-0.2, 0) is 14.2 Å². The van der Waals surface area contributed by atoms with Crippen LogP contribution in [0.25, 0.3) is 0 Å².